The molecule has 3 N–H and O–H groups in total. The minimum absolute atomic E-state index is 0.558. The second-order valence-electron chi connectivity index (χ2n) is 7.71. The molecule has 5 rings (SSSR count). The Balaban J connectivity index is 0.000000250. The summed E-state index contributed by atoms with van der Waals surface area (Å²) >= 11 is 0. The van der Waals surface area contributed by atoms with Crippen LogP contribution in [0.1, 0.15) is 0 Å². The average molecular weight is 421 g/mol. The Morgan fingerprint density at radius 3 is 2.39 bits per heavy atom. The third-order valence-corrected chi connectivity index (χ3v) is 5.70. The Hall–Kier alpha value is -3.72. The second-order valence-corrected chi connectivity index (χ2v) is 7.71. The summed E-state index contributed by atoms with van der Waals surface area (Å²) in [6.45, 7) is 3.39. The van der Waals surface area contributed by atoms with Crippen LogP contribution in [0.4, 0.5) is 5.82 Å². The van der Waals surface area contributed by atoms with Gasteiger partial charge in [0.25, 0.3) is 0 Å². The van der Waals surface area contributed by atoms with Crippen molar-refractivity contribution < 1.29 is 19.8 Å². The number of fused-ring (bicyclic) bond motifs is 2. The molecular formula is C22H23N5O4. The summed E-state index contributed by atoms with van der Waals surface area (Å²) in [5, 5.41) is 25.8. The van der Waals surface area contributed by atoms with Crippen molar-refractivity contribution in [1.29, 1.82) is 0 Å². The Labute approximate surface area is 178 Å². The topological polar surface area (TPSA) is 123 Å². The van der Waals surface area contributed by atoms with Gasteiger partial charge in [-0.2, -0.15) is 0 Å². The number of likely N-dealkylation sites (tertiary alicyclic amines) is 1. The Kier molecular flexibility index (Phi) is 5.68. The van der Waals surface area contributed by atoms with Gasteiger partial charge >= 0.3 is 11.9 Å². The van der Waals surface area contributed by atoms with E-state index in [1.54, 1.807) is 0 Å². The van der Waals surface area contributed by atoms with Crippen LogP contribution >= 0.6 is 0 Å². The smallest absolute Gasteiger partial charge is 0.328 e. The predicted octanol–water partition coefficient (Wildman–Crippen LogP) is 2.09. The monoisotopic (exact) mass is 421 g/mol. The van der Waals surface area contributed by atoms with E-state index in [9.17, 15) is 9.59 Å². The van der Waals surface area contributed by atoms with Gasteiger partial charge in [0.1, 0.15) is 0 Å². The highest BCUT2D eigenvalue weighted by Gasteiger charge is 2.43. The van der Waals surface area contributed by atoms with Crippen molar-refractivity contribution in [3.63, 3.8) is 0 Å². The molecule has 2 aliphatic heterocycles. The molecule has 0 spiro atoms. The lowest BCUT2D eigenvalue weighted by atomic mass is 9.93. The van der Waals surface area contributed by atoms with Gasteiger partial charge in [-0.1, -0.05) is 18.2 Å². The second kappa shape index (κ2) is 8.57. The maximum atomic E-state index is 9.55. The van der Waals surface area contributed by atoms with Crippen LogP contribution in [0.25, 0.3) is 22.2 Å². The molecule has 9 nitrogen and oxygen atoms in total. The summed E-state index contributed by atoms with van der Waals surface area (Å²) in [7, 11) is 2.20. The predicted molar refractivity (Wildman–Crippen MR) is 116 cm³/mol. The minimum atomic E-state index is -1.26. The highest BCUT2D eigenvalue weighted by molar-refractivity contribution is 5.94. The van der Waals surface area contributed by atoms with E-state index in [4.69, 9.17) is 10.2 Å². The van der Waals surface area contributed by atoms with Gasteiger partial charge in [-0.05, 0) is 25.2 Å². The van der Waals surface area contributed by atoms with E-state index in [0.717, 1.165) is 41.6 Å². The average Bonchev–Trinajstić information content (AvgIpc) is 3.34. The van der Waals surface area contributed by atoms with Gasteiger partial charge in [0.2, 0.25) is 0 Å². The largest absolute Gasteiger partial charge is 0.478 e. The van der Waals surface area contributed by atoms with Crippen LogP contribution in [0, 0.1) is 5.92 Å². The van der Waals surface area contributed by atoms with Crippen molar-refractivity contribution in [3.05, 3.63) is 54.7 Å². The molecular weight excluding hydrogens is 398 g/mol. The number of anilines is 1. The highest BCUT2D eigenvalue weighted by atomic mass is 16.4. The van der Waals surface area contributed by atoms with Gasteiger partial charge in [-0.25, -0.2) is 9.59 Å². The number of H-pyrrole nitrogens is 1. The number of aliphatic carboxylic acids is 2. The molecule has 0 bridgehead atoms. The SMILES string of the molecule is CN1C[C@@H]2CN(c3ccc(-c4c[nH]c5ccccc45)nn3)C[C@@H]21.O=C(O)/C=C/C(=O)O. The first-order chi connectivity index (χ1) is 14.9. The number of aromatic nitrogens is 3. The number of benzene rings is 1. The maximum absolute atomic E-state index is 9.55. The third kappa shape index (κ3) is 4.41. The van der Waals surface area contributed by atoms with Gasteiger partial charge < -0.3 is 25.0 Å². The summed E-state index contributed by atoms with van der Waals surface area (Å²) in [4.78, 5) is 27.2. The summed E-state index contributed by atoms with van der Waals surface area (Å²) in [6, 6.07) is 13.2. The number of rotatable bonds is 4. The van der Waals surface area contributed by atoms with Gasteiger partial charge in [0.05, 0.1) is 5.69 Å². The number of hydrogen-bond donors (Lipinski definition) is 3. The van der Waals surface area contributed by atoms with Gasteiger partial charge in [0.15, 0.2) is 5.82 Å². The van der Waals surface area contributed by atoms with E-state index in [1.165, 1.54) is 11.9 Å². The Bertz CT molecular complexity index is 1110. The number of nitrogens with zero attached hydrogens (tertiary/aromatic N) is 4. The Morgan fingerprint density at radius 1 is 1.03 bits per heavy atom. The molecule has 2 fully saturated rings. The van der Waals surface area contributed by atoms with E-state index in [1.807, 2.05) is 12.3 Å². The zero-order valence-corrected chi connectivity index (χ0v) is 17.0. The molecule has 2 aromatic heterocycles. The molecule has 3 aromatic rings. The molecule has 2 atom stereocenters. The summed E-state index contributed by atoms with van der Waals surface area (Å²) < 4.78 is 0. The van der Waals surface area contributed by atoms with Crippen LogP contribution in [0.5, 0.6) is 0 Å². The van der Waals surface area contributed by atoms with Crippen molar-refractivity contribution >= 4 is 28.7 Å². The van der Waals surface area contributed by atoms with Crippen LogP contribution in [-0.2, 0) is 9.59 Å². The van der Waals surface area contributed by atoms with Crippen molar-refractivity contribution in [2.45, 2.75) is 6.04 Å². The minimum Gasteiger partial charge on any atom is -0.478 e. The molecule has 4 heterocycles. The fourth-order valence-corrected chi connectivity index (χ4v) is 4.15. The maximum Gasteiger partial charge on any atom is 0.328 e. The van der Waals surface area contributed by atoms with Crippen molar-refractivity contribution in [3.8, 4) is 11.3 Å². The standard InChI is InChI=1S/C18H19N5.C4H4O4/c1-22-9-12-10-23(11-17(12)22)18-7-6-16(20-21-18)14-8-19-15-5-3-2-4-13(14)15;5-3(6)1-2-4(7)8/h2-8,12,17,19H,9-11H2,1H3;1-2H,(H,5,6)(H,7,8)/b;2-1+/t12-,17+;/m1./s1. The molecule has 1 aromatic carbocycles. The first-order valence-electron chi connectivity index (χ1n) is 9.91. The first kappa shape index (κ1) is 20.5. The molecule has 0 radical (unpaired) electrons. The molecule has 0 amide bonds. The van der Waals surface area contributed by atoms with Gasteiger partial charge in [-0.3, -0.25) is 0 Å². The van der Waals surface area contributed by atoms with Crippen LogP contribution < -0.4 is 4.90 Å². The van der Waals surface area contributed by atoms with E-state index in [-0.39, 0.29) is 0 Å². The Morgan fingerprint density at radius 2 is 1.77 bits per heavy atom. The molecule has 0 saturated carbocycles. The van der Waals surface area contributed by atoms with Crippen LogP contribution in [0.3, 0.4) is 0 Å². The summed E-state index contributed by atoms with van der Waals surface area (Å²) in [5.41, 5.74) is 3.17. The number of carboxylic acid groups (broad SMARTS) is 2. The fourth-order valence-electron chi connectivity index (χ4n) is 4.15. The molecule has 0 aliphatic carbocycles. The lowest BCUT2D eigenvalue weighted by Crippen LogP contribution is -2.52. The molecule has 160 valence electrons. The quantitative estimate of drug-likeness (QED) is 0.547. The van der Waals surface area contributed by atoms with Crippen molar-refractivity contribution in [2.75, 3.05) is 31.6 Å². The molecule has 31 heavy (non-hydrogen) atoms. The van der Waals surface area contributed by atoms with E-state index in [2.05, 4.69) is 62.4 Å². The van der Waals surface area contributed by atoms with Gasteiger partial charge in [0, 0.05) is 66.4 Å². The van der Waals surface area contributed by atoms with Crippen LogP contribution in [-0.4, -0.2) is 75.0 Å². The zero-order chi connectivity index (χ0) is 22.0. The van der Waals surface area contributed by atoms with Crippen molar-refractivity contribution in [2.24, 2.45) is 5.92 Å². The number of likely N-dealkylation sites (N-methyl/N-ethyl adjacent to an activating group) is 1. The van der Waals surface area contributed by atoms with E-state index >= 15 is 0 Å². The molecule has 9 heteroatoms. The third-order valence-electron chi connectivity index (χ3n) is 5.70. The fraction of sp³-hybridized carbons (Fsp3) is 0.273. The van der Waals surface area contributed by atoms with Crippen molar-refractivity contribution in [1.82, 2.24) is 20.1 Å². The van der Waals surface area contributed by atoms with Crippen LogP contribution in [0.15, 0.2) is 54.7 Å². The lowest BCUT2D eigenvalue weighted by Gasteiger charge is -2.40. The van der Waals surface area contributed by atoms with Crippen LogP contribution in [0.2, 0.25) is 0 Å². The molecule has 2 saturated heterocycles. The number of aromatic amines is 1. The molecule has 0 unspecified atom stereocenters. The van der Waals surface area contributed by atoms with E-state index < -0.39 is 11.9 Å². The summed E-state index contributed by atoms with van der Waals surface area (Å²) in [5.74, 6) is -0.716. The normalized spacial score (nSPS) is 20.2. The molecule has 2 aliphatic rings. The zero-order valence-electron chi connectivity index (χ0n) is 17.0. The van der Waals surface area contributed by atoms with Gasteiger partial charge in [-0.15, -0.1) is 10.2 Å². The number of nitrogens with one attached hydrogen (secondary N) is 1. The number of hydrogen-bond acceptors (Lipinski definition) is 6. The highest BCUT2D eigenvalue weighted by Crippen LogP contribution is 2.33. The first-order valence-corrected chi connectivity index (χ1v) is 9.91. The number of carboxylic acids is 2. The number of para-hydroxylation sites is 1. The lowest BCUT2D eigenvalue weighted by molar-refractivity contribution is -0.134. The number of carbonyl (C=O) groups is 2. The van der Waals surface area contributed by atoms with E-state index in [0.29, 0.717) is 18.2 Å². The summed E-state index contributed by atoms with van der Waals surface area (Å²) in [6.07, 6.45) is 3.13.